The van der Waals surface area contributed by atoms with E-state index in [9.17, 15) is 22.8 Å². The van der Waals surface area contributed by atoms with Gasteiger partial charge in [-0.05, 0) is 56.1 Å². The van der Waals surface area contributed by atoms with E-state index in [0.29, 0.717) is 17.8 Å². The predicted molar refractivity (Wildman–Crippen MR) is 136 cm³/mol. The number of alkyl halides is 3. The molecule has 0 aliphatic carbocycles. The maximum Gasteiger partial charge on any atom is 0.418 e. The number of benzene rings is 2. The minimum Gasteiger partial charge on any atom is -0.379 e. The number of ether oxygens (including phenoxy) is 1. The first-order chi connectivity index (χ1) is 17.8. The number of urea groups is 1. The second-order valence-corrected chi connectivity index (χ2v) is 9.11. The van der Waals surface area contributed by atoms with Crippen LogP contribution in [0.4, 0.5) is 35.0 Å². The number of amides is 3. The zero-order valence-corrected chi connectivity index (χ0v) is 20.6. The van der Waals surface area contributed by atoms with Crippen LogP contribution in [0.3, 0.4) is 0 Å². The van der Waals surface area contributed by atoms with Gasteiger partial charge in [0.05, 0.1) is 30.0 Å². The molecule has 0 radical (unpaired) electrons. The Balaban J connectivity index is 1.42. The highest BCUT2D eigenvalue weighted by Crippen LogP contribution is 2.34. The first-order valence-electron chi connectivity index (χ1n) is 12.5. The number of morpholine rings is 1. The van der Waals surface area contributed by atoms with Crippen LogP contribution in [-0.2, 0) is 10.9 Å². The van der Waals surface area contributed by atoms with Crippen LogP contribution in [0.2, 0.25) is 0 Å². The number of halogens is 3. The van der Waals surface area contributed by atoms with Crippen molar-refractivity contribution in [2.24, 2.45) is 0 Å². The third kappa shape index (κ3) is 7.36. The van der Waals surface area contributed by atoms with E-state index in [1.54, 1.807) is 18.2 Å². The fourth-order valence-electron chi connectivity index (χ4n) is 4.58. The minimum atomic E-state index is -4.60. The number of hydrogen-bond donors (Lipinski definition) is 3. The summed E-state index contributed by atoms with van der Waals surface area (Å²) < 4.78 is 45.1. The lowest BCUT2D eigenvalue weighted by Gasteiger charge is -2.26. The van der Waals surface area contributed by atoms with Crippen molar-refractivity contribution >= 4 is 29.0 Å². The molecule has 8 nitrogen and oxygen atoms in total. The van der Waals surface area contributed by atoms with Gasteiger partial charge in [-0.25, -0.2) is 4.79 Å². The molecule has 2 saturated heterocycles. The molecule has 37 heavy (non-hydrogen) atoms. The maximum atomic E-state index is 13.3. The zero-order valence-electron chi connectivity index (χ0n) is 20.6. The molecule has 0 aromatic heterocycles. The Kier molecular flexibility index (Phi) is 8.88. The lowest BCUT2D eigenvalue weighted by atomic mass is 10.1. The highest BCUT2D eigenvalue weighted by atomic mass is 19.4. The van der Waals surface area contributed by atoms with Crippen LogP contribution >= 0.6 is 0 Å². The van der Waals surface area contributed by atoms with Gasteiger partial charge in [-0.3, -0.25) is 9.69 Å². The SMILES string of the molecule is O=C(Nc1ccc(N2CCCC2)c(C(=O)NCCCN2CCOCC2)c1)Nc1ccccc1C(F)(F)F. The Labute approximate surface area is 214 Å². The van der Waals surface area contributed by atoms with E-state index in [1.807, 2.05) is 0 Å². The molecule has 2 aliphatic heterocycles. The van der Waals surface area contributed by atoms with Crippen molar-refractivity contribution in [2.45, 2.75) is 25.4 Å². The monoisotopic (exact) mass is 519 g/mol. The Hall–Kier alpha value is -3.31. The summed E-state index contributed by atoms with van der Waals surface area (Å²) in [7, 11) is 0. The molecule has 3 amide bonds. The molecular formula is C26H32F3N5O3. The number of rotatable bonds is 8. The number of nitrogens with zero attached hydrogens (tertiary/aromatic N) is 2. The summed E-state index contributed by atoms with van der Waals surface area (Å²) in [5, 5.41) is 7.79. The van der Waals surface area contributed by atoms with Crippen LogP contribution in [0.5, 0.6) is 0 Å². The topological polar surface area (TPSA) is 85.9 Å². The first-order valence-corrected chi connectivity index (χ1v) is 12.5. The average Bonchev–Trinajstić information content (AvgIpc) is 3.41. The highest BCUT2D eigenvalue weighted by molar-refractivity contribution is 6.04. The summed E-state index contributed by atoms with van der Waals surface area (Å²) in [4.78, 5) is 30.1. The van der Waals surface area contributed by atoms with Gasteiger partial charge in [0.25, 0.3) is 5.91 Å². The number of para-hydroxylation sites is 1. The Bertz CT molecular complexity index is 1080. The maximum absolute atomic E-state index is 13.3. The molecular weight excluding hydrogens is 487 g/mol. The standard InChI is InChI=1S/C26H32F3N5O3/c27-26(28,29)21-6-1-2-7-22(21)32-25(36)31-19-8-9-23(34-12-3-4-13-34)20(18-19)24(35)30-10-5-11-33-14-16-37-17-15-33/h1-2,6-9,18H,3-5,10-17H2,(H,30,35)(H2,31,32,36). The summed E-state index contributed by atoms with van der Waals surface area (Å²) in [5.74, 6) is -0.254. The Morgan fingerprint density at radius 1 is 0.946 bits per heavy atom. The van der Waals surface area contributed by atoms with E-state index >= 15 is 0 Å². The van der Waals surface area contributed by atoms with Crippen LogP contribution in [0.25, 0.3) is 0 Å². The third-order valence-corrected chi connectivity index (χ3v) is 6.47. The molecule has 2 aromatic carbocycles. The fraction of sp³-hybridized carbons (Fsp3) is 0.462. The molecule has 2 aliphatic rings. The van der Waals surface area contributed by atoms with Gasteiger partial charge >= 0.3 is 12.2 Å². The van der Waals surface area contributed by atoms with Gasteiger partial charge in [0.1, 0.15) is 0 Å². The fourth-order valence-corrected chi connectivity index (χ4v) is 4.58. The normalized spacial score (nSPS) is 16.5. The van der Waals surface area contributed by atoms with E-state index in [2.05, 4.69) is 25.8 Å². The molecule has 0 spiro atoms. The van der Waals surface area contributed by atoms with Crippen molar-refractivity contribution in [3.63, 3.8) is 0 Å². The summed E-state index contributed by atoms with van der Waals surface area (Å²) in [6.45, 7) is 6.25. The van der Waals surface area contributed by atoms with E-state index in [1.165, 1.54) is 18.2 Å². The van der Waals surface area contributed by atoms with Gasteiger partial charge in [-0.1, -0.05) is 12.1 Å². The molecule has 2 aromatic rings. The summed E-state index contributed by atoms with van der Waals surface area (Å²) in [6.07, 6.45) is -1.75. The molecule has 2 fully saturated rings. The van der Waals surface area contributed by atoms with E-state index < -0.39 is 17.8 Å². The van der Waals surface area contributed by atoms with Crippen molar-refractivity contribution in [2.75, 3.05) is 68.0 Å². The summed E-state index contributed by atoms with van der Waals surface area (Å²) in [6, 6.07) is 8.93. The zero-order chi connectivity index (χ0) is 26.3. The lowest BCUT2D eigenvalue weighted by Crippen LogP contribution is -2.38. The van der Waals surface area contributed by atoms with Crippen LogP contribution in [0.15, 0.2) is 42.5 Å². The number of carbonyl (C=O) groups excluding carboxylic acids is 2. The molecule has 4 rings (SSSR count). The van der Waals surface area contributed by atoms with Gasteiger partial charge in [0.2, 0.25) is 0 Å². The van der Waals surface area contributed by atoms with Crippen molar-refractivity contribution in [3.8, 4) is 0 Å². The molecule has 0 bridgehead atoms. The van der Waals surface area contributed by atoms with Crippen LogP contribution < -0.4 is 20.9 Å². The number of anilines is 3. The first kappa shape index (κ1) is 26.7. The van der Waals surface area contributed by atoms with Gasteiger partial charge in [-0.2, -0.15) is 13.2 Å². The third-order valence-electron chi connectivity index (χ3n) is 6.47. The predicted octanol–water partition coefficient (Wildman–Crippen LogP) is 4.40. The number of hydrogen-bond acceptors (Lipinski definition) is 5. The lowest BCUT2D eigenvalue weighted by molar-refractivity contribution is -0.136. The van der Waals surface area contributed by atoms with Crippen LogP contribution in [0, 0.1) is 0 Å². The minimum absolute atomic E-state index is 0.254. The number of carbonyl (C=O) groups is 2. The van der Waals surface area contributed by atoms with Crippen molar-refractivity contribution < 1.29 is 27.5 Å². The molecule has 0 unspecified atom stereocenters. The largest absolute Gasteiger partial charge is 0.418 e. The van der Waals surface area contributed by atoms with Crippen molar-refractivity contribution in [3.05, 3.63) is 53.6 Å². The van der Waals surface area contributed by atoms with Gasteiger partial charge in [0, 0.05) is 44.1 Å². The second-order valence-electron chi connectivity index (χ2n) is 9.11. The molecule has 11 heteroatoms. The average molecular weight is 520 g/mol. The van der Waals surface area contributed by atoms with Crippen LogP contribution in [0.1, 0.15) is 35.2 Å². The molecule has 0 atom stereocenters. The molecule has 2 heterocycles. The highest BCUT2D eigenvalue weighted by Gasteiger charge is 2.33. The van der Waals surface area contributed by atoms with Crippen LogP contribution in [-0.4, -0.2) is 69.3 Å². The quantitative estimate of drug-likeness (QED) is 0.450. The summed E-state index contributed by atoms with van der Waals surface area (Å²) in [5.41, 5.74) is 0.216. The van der Waals surface area contributed by atoms with Gasteiger partial charge in [-0.15, -0.1) is 0 Å². The second kappa shape index (κ2) is 12.3. The number of nitrogens with one attached hydrogen (secondary N) is 3. The van der Waals surface area contributed by atoms with Crippen molar-refractivity contribution in [1.29, 1.82) is 0 Å². The van der Waals surface area contributed by atoms with Crippen molar-refractivity contribution in [1.82, 2.24) is 10.2 Å². The van der Waals surface area contributed by atoms with E-state index in [-0.39, 0.29) is 11.6 Å². The smallest absolute Gasteiger partial charge is 0.379 e. The molecule has 3 N–H and O–H groups in total. The van der Waals surface area contributed by atoms with E-state index in [4.69, 9.17) is 4.74 Å². The van der Waals surface area contributed by atoms with E-state index in [0.717, 1.165) is 77.0 Å². The van der Waals surface area contributed by atoms with Gasteiger partial charge in [0.15, 0.2) is 0 Å². The Morgan fingerprint density at radius 3 is 2.41 bits per heavy atom. The molecule has 200 valence electrons. The van der Waals surface area contributed by atoms with Gasteiger partial charge < -0.3 is 25.6 Å². The Morgan fingerprint density at radius 2 is 1.68 bits per heavy atom. The summed E-state index contributed by atoms with van der Waals surface area (Å²) >= 11 is 0. The molecule has 0 saturated carbocycles.